The van der Waals surface area contributed by atoms with Gasteiger partial charge in [-0.3, -0.25) is 0 Å². The van der Waals surface area contributed by atoms with Crippen molar-refractivity contribution < 1.29 is 0 Å². The molecular weight excluding hydrogens is 914 g/mol. The maximum absolute atomic E-state index is 2.65. The molecule has 358 valence electrons. The van der Waals surface area contributed by atoms with Gasteiger partial charge in [0, 0.05) is 76.8 Å². The van der Waals surface area contributed by atoms with E-state index in [1.807, 2.05) is 11.3 Å². The number of nitrogens with zero attached hydrogens (tertiary/aromatic N) is 3. The van der Waals surface area contributed by atoms with Gasteiger partial charge < -0.3 is 14.6 Å². The molecule has 0 saturated carbocycles. The number of thiophene rings is 1. The fourth-order valence-electron chi connectivity index (χ4n) is 11.6. The maximum atomic E-state index is 2.65. The average molecular weight is 972 g/mol. The summed E-state index contributed by atoms with van der Waals surface area (Å²) in [5, 5.41) is 2.57. The first-order chi connectivity index (χ1) is 35.9. The molecule has 1 aromatic heterocycles. The molecule has 0 unspecified atom stereocenters. The van der Waals surface area contributed by atoms with E-state index in [4.69, 9.17) is 0 Å². The Morgan fingerprint density at radius 3 is 1.62 bits per heavy atom. The zero-order valence-electron chi connectivity index (χ0n) is 43.2. The fourth-order valence-corrected chi connectivity index (χ4v) is 12.9. The normalized spacial score (nSPS) is 13.0. The van der Waals surface area contributed by atoms with Crippen molar-refractivity contribution in [3.63, 3.8) is 0 Å². The molecule has 2 aliphatic heterocycles. The number of hydrogen-bond acceptors (Lipinski definition) is 4. The van der Waals surface area contributed by atoms with Crippen LogP contribution in [0.25, 0.3) is 53.6 Å². The molecule has 13 rings (SSSR count). The van der Waals surface area contributed by atoms with Crippen molar-refractivity contribution in [2.24, 2.45) is 0 Å². The van der Waals surface area contributed by atoms with Crippen LogP contribution in [0.5, 0.6) is 0 Å². The Balaban J connectivity index is 1.13. The van der Waals surface area contributed by atoms with Crippen molar-refractivity contribution in [3.8, 4) is 33.4 Å². The maximum Gasteiger partial charge on any atom is 0.333 e. The number of anilines is 8. The second-order valence-electron chi connectivity index (χ2n) is 22.2. The Morgan fingerprint density at radius 2 is 0.986 bits per heavy atom. The number of para-hydroxylation sites is 1. The first kappa shape index (κ1) is 45.7. The van der Waals surface area contributed by atoms with Crippen LogP contribution in [0.1, 0.15) is 58.2 Å². The summed E-state index contributed by atoms with van der Waals surface area (Å²) in [6.07, 6.45) is 0. The minimum absolute atomic E-state index is 0.0266. The standard InChI is InChI=1S/C69H58BN3S/c1-45-18-14-16-24-60(45)72-62-42-49(47-21-12-9-13-22-47)28-40-59(62)70-66-63(72)44-57-56-23-15-17-25-64(56)74-67(57)65(66)58-43-55(39-41-61(58)73(70)54-33-26-48(27-34-54)46-19-10-8-11-20-46)71(52-35-29-50(30-36-52)68(2,3)4)53-37-31-51(32-38-53)69(5,6)7/h8-44H,1-7H3. The van der Waals surface area contributed by atoms with E-state index >= 15 is 0 Å². The van der Waals surface area contributed by atoms with Gasteiger partial charge in [-0.05, 0) is 146 Å². The molecule has 0 fully saturated rings. The second-order valence-corrected chi connectivity index (χ2v) is 23.3. The van der Waals surface area contributed by atoms with Crippen LogP contribution in [-0.4, -0.2) is 6.85 Å². The number of benzene rings is 10. The quantitative estimate of drug-likeness (QED) is 0.147. The Hall–Kier alpha value is -8.12. The minimum atomic E-state index is -0.151. The summed E-state index contributed by atoms with van der Waals surface area (Å²) in [5.41, 5.74) is 23.1. The predicted molar refractivity (Wildman–Crippen MR) is 321 cm³/mol. The first-order valence-electron chi connectivity index (χ1n) is 26.0. The highest BCUT2D eigenvalue weighted by atomic mass is 32.1. The largest absolute Gasteiger partial charge is 0.376 e. The fraction of sp³-hybridized carbons (Fsp3) is 0.130. The van der Waals surface area contributed by atoms with Crippen LogP contribution in [0, 0.1) is 6.92 Å². The van der Waals surface area contributed by atoms with Gasteiger partial charge in [-0.15, -0.1) is 11.3 Å². The van der Waals surface area contributed by atoms with Gasteiger partial charge >= 0.3 is 6.85 Å². The third kappa shape index (κ3) is 7.64. The molecule has 0 aliphatic carbocycles. The number of rotatable bonds is 7. The topological polar surface area (TPSA) is 9.72 Å². The molecule has 3 heterocycles. The summed E-state index contributed by atoms with van der Waals surface area (Å²) in [6.45, 7) is 15.8. The molecule has 0 atom stereocenters. The summed E-state index contributed by atoms with van der Waals surface area (Å²) in [5.74, 6) is 0. The minimum Gasteiger partial charge on any atom is -0.376 e. The average Bonchev–Trinajstić information content (AvgIpc) is 3.84. The lowest BCUT2D eigenvalue weighted by Gasteiger charge is -2.46. The van der Waals surface area contributed by atoms with Gasteiger partial charge in [-0.1, -0.05) is 187 Å². The lowest BCUT2D eigenvalue weighted by Crippen LogP contribution is -2.61. The van der Waals surface area contributed by atoms with Crippen molar-refractivity contribution in [2.45, 2.75) is 59.3 Å². The zero-order chi connectivity index (χ0) is 50.5. The smallest absolute Gasteiger partial charge is 0.333 e. The van der Waals surface area contributed by atoms with Crippen LogP contribution in [0.3, 0.4) is 0 Å². The predicted octanol–water partition coefficient (Wildman–Crippen LogP) is 18.5. The molecule has 5 heteroatoms. The first-order valence-corrected chi connectivity index (χ1v) is 26.8. The zero-order valence-corrected chi connectivity index (χ0v) is 44.0. The lowest BCUT2D eigenvalue weighted by molar-refractivity contribution is 0.590. The molecule has 0 spiro atoms. The number of hydrogen-bond donors (Lipinski definition) is 0. The molecule has 11 aromatic rings. The molecular formula is C69H58BN3S. The molecule has 0 radical (unpaired) electrons. The van der Waals surface area contributed by atoms with E-state index in [-0.39, 0.29) is 17.7 Å². The van der Waals surface area contributed by atoms with Gasteiger partial charge in [-0.25, -0.2) is 0 Å². The van der Waals surface area contributed by atoms with Crippen molar-refractivity contribution >= 4 is 94.8 Å². The van der Waals surface area contributed by atoms with Crippen molar-refractivity contribution in [1.29, 1.82) is 0 Å². The summed E-state index contributed by atoms with van der Waals surface area (Å²) in [4.78, 5) is 7.70. The van der Waals surface area contributed by atoms with Gasteiger partial charge in [0.1, 0.15) is 0 Å². The van der Waals surface area contributed by atoms with E-state index < -0.39 is 0 Å². The number of fused-ring (bicyclic) bond motifs is 8. The Morgan fingerprint density at radius 1 is 0.432 bits per heavy atom. The van der Waals surface area contributed by atoms with Crippen molar-refractivity contribution in [1.82, 2.24) is 0 Å². The highest BCUT2D eigenvalue weighted by molar-refractivity contribution is 7.26. The van der Waals surface area contributed by atoms with E-state index in [1.54, 1.807) is 0 Å². The SMILES string of the molecule is Cc1ccccc1N1c2cc(-c3ccccc3)ccc2B2c3c1cc1c(sc4ccccc41)c3-c1cc(N(c3ccc(C(C)(C)C)cc3)c3ccc(C(C)(C)C)cc3)ccc1N2c1ccc(-c2ccccc2)cc1. The highest BCUT2D eigenvalue weighted by Crippen LogP contribution is 2.54. The molecule has 74 heavy (non-hydrogen) atoms. The summed E-state index contributed by atoms with van der Waals surface area (Å²) < 4.78 is 2.61. The molecule has 0 saturated heterocycles. The third-order valence-corrected chi connectivity index (χ3v) is 16.7. The van der Waals surface area contributed by atoms with Crippen molar-refractivity contribution in [2.75, 3.05) is 14.6 Å². The molecule has 0 bridgehead atoms. The van der Waals surface area contributed by atoms with Gasteiger partial charge in [0.15, 0.2) is 0 Å². The van der Waals surface area contributed by atoms with Crippen LogP contribution in [0.2, 0.25) is 0 Å². The molecule has 3 nitrogen and oxygen atoms in total. The molecule has 0 N–H and O–H groups in total. The van der Waals surface area contributed by atoms with E-state index in [9.17, 15) is 0 Å². The molecule has 2 aliphatic rings. The summed E-state index contributed by atoms with van der Waals surface area (Å²) in [7, 11) is 0. The van der Waals surface area contributed by atoms with E-state index in [0.29, 0.717) is 0 Å². The van der Waals surface area contributed by atoms with Crippen LogP contribution in [0.4, 0.5) is 45.5 Å². The second kappa shape index (κ2) is 17.5. The lowest BCUT2D eigenvalue weighted by atomic mass is 9.43. The molecule has 0 amide bonds. The monoisotopic (exact) mass is 971 g/mol. The third-order valence-electron chi connectivity index (χ3n) is 15.5. The van der Waals surface area contributed by atoms with E-state index in [1.165, 1.54) is 104 Å². The number of aryl methyl sites for hydroxylation is 1. The highest BCUT2D eigenvalue weighted by Gasteiger charge is 2.46. The van der Waals surface area contributed by atoms with Crippen LogP contribution < -0.4 is 25.5 Å². The Labute approximate surface area is 440 Å². The van der Waals surface area contributed by atoms with Crippen LogP contribution in [0.15, 0.2) is 224 Å². The van der Waals surface area contributed by atoms with Gasteiger partial charge in [0.25, 0.3) is 0 Å². The Kier molecular flexibility index (Phi) is 10.8. The van der Waals surface area contributed by atoms with Crippen LogP contribution in [-0.2, 0) is 10.8 Å². The van der Waals surface area contributed by atoms with Gasteiger partial charge in [-0.2, -0.15) is 0 Å². The van der Waals surface area contributed by atoms with E-state index in [0.717, 1.165) is 22.7 Å². The van der Waals surface area contributed by atoms with E-state index in [2.05, 4.69) is 288 Å². The summed E-state index contributed by atoms with van der Waals surface area (Å²) >= 11 is 1.93. The van der Waals surface area contributed by atoms with Crippen LogP contribution >= 0.6 is 11.3 Å². The molecule has 10 aromatic carbocycles. The Bertz CT molecular complexity index is 3860. The van der Waals surface area contributed by atoms with Gasteiger partial charge in [0.2, 0.25) is 0 Å². The van der Waals surface area contributed by atoms with Crippen molar-refractivity contribution in [3.05, 3.63) is 241 Å². The van der Waals surface area contributed by atoms with Gasteiger partial charge in [0.05, 0.1) is 0 Å². The summed E-state index contributed by atoms with van der Waals surface area (Å²) in [6, 6.07) is 84.3.